The molecule has 0 aliphatic carbocycles. The van der Waals surface area contributed by atoms with Crippen LogP contribution >= 0.6 is 0 Å². The van der Waals surface area contributed by atoms with Crippen LogP contribution in [0.15, 0.2) is 30.7 Å². The van der Waals surface area contributed by atoms with Crippen LogP contribution in [0, 0.1) is 6.92 Å². The summed E-state index contributed by atoms with van der Waals surface area (Å²) in [4.78, 5) is 7.98. The van der Waals surface area contributed by atoms with E-state index in [2.05, 4.69) is 25.5 Å². The van der Waals surface area contributed by atoms with Crippen molar-refractivity contribution in [1.82, 2.24) is 20.2 Å². The first-order valence-electron chi connectivity index (χ1n) is 4.18. The zero-order chi connectivity index (χ0) is 9.80. The van der Waals surface area contributed by atoms with E-state index in [1.54, 1.807) is 18.6 Å². The zero-order valence-electron chi connectivity index (χ0n) is 7.68. The van der Waals surface area contributed by atoms with E-state index in [0.717, 1.165) is 5.69 Å². The van der Waals surface area contributed by atoms with Gasteiger partial charge in [0.25, 0.3) is 0 Å². The number of nitrogens with zero attached hydrogens (tertiary/aromatic N) is 4. The lowest BCUT2D eigenvalue weighted by molar-refractivity contribution is 0.983. The van der Waals surface area contributed by atoms with Crippen LogP contribution in [0.2, 0.25) is 0 Å². The van der Waals surface area contributed by atoms with Gasteiger partial charge in [0.05, 0.1) is 11.9 Å². The van der Waals surface area contributed by atoms with E-state index >= 15 is 0 Å². The van der Waals surface area contributed by atoms with Gasteiger partial charge in [-0.25, -0.2) is 4.98 Å². The van der Waals surface area contributed by atoms with Crippen LogP contribution in [0.3, 0.4) is 0 Å². The maximum atomic E-state index is 4.06. The number of aromatic nitrogens is 4. The Morgan fingerprint density at radius 2 is 2.00 bits per heavy atom. The topological polar surface area (TPSA) is 63.6 Å². The van der Waals surface area contributed by atoms with Crippen molar-refractivity contribution in [3.63, 3.8) is 0 Å². The van der Waals surface area contributed by atoms with Gasteiger partial charge in [-0.15, -0.1) is 5.10 Å². The second-order valence-electron chi connectivity index (χ2n) is 2.78. The van der Waals surface area contributed by atoms with Crippen molar-refractivity contribution in [3.05, 3.63) is 36.4 Å². The van der Waals surface area contributed by atoms with Gasteiger partial charge >= 0.3 is 0 Å². The summed E-state index contributed by atoms with van der Waals surface area (Å²) in [5.74, 6) is 1.32. The fourth-order valence-electron chi connectivity index (χ4n) is 0.960. The predicted molar refractivity (Wildman–Crippen MR) is 52.1 cm³/mol. The van der Waals surface area contributed by atoms with Gasteiger partial charge in [-0.3, -0.25) is 4.98 Å². The minimum Gasteiger partial charge on any atom is -0.322 e. The van der Waals surface area contributed by atoms with Crippen molar-refractivity contribution in [2.75, 3.05) is 5.32 Å². The van der Waals surface area contributed by atoms with E-state index in [1.165, 1.54) is 0 Å². The maximum absolute atomic E-state index is 4.06. The highest BCUT2D eigenvalue weighted by atomic mass is 15.2. The maximum Gasteiger partial charge on any atom is 0.154 e. The molecule has 0 atom stereocenters. The Morgan fingerprint density at radius 3 is 2.64 bits per heavy atom. The molecule has 0 saturated carbocycles. The van der Waals surface area contributed by atoms with E-state index < -0.39 is 0 Å². The van der Waals surface area contributed by atoms with Gasteiger partial charge in [-0.05, 0) is 19.1 Å². The Hall–Kier alpha value is -2.04. The highest BCUT2D eigenvalue weighted by Gasteiger charge is 1.96. The average Bonchev–Trinajstić information content (AvgIpc) is 2.23. The molecule has 0 aliphatic rings. The molecule has 2 aromatic heterocycles. The molecule has 5 heteroatoms. The van der Waals surface area contributed by atoms with E-state index in [1.807, 2.05) is 19.1 Å². The summed E-state index contributed by atoms with van der Waals surface area (Å²) in [7, 11) is 0. The van der Waals surface area contributed by atoms with Crippen LogP contribution in [0.5, 0.6) is 0 Å². The Morgan fingerprint density at radius 1 is 1.07 bits per heavy atom. The zero-order valence-corrected chi connectivity index (χ0v) is 7.68. The number of aryl methyl sites for hydroxylation is 1. The van der Waals surface area contributed by atoms with Crippen LogP contribution in [-0.2, 0) is 0 Å². The predicted octanol–water partition coefficient (Wildman–Crippen LogP) is 1.32. The summed E-state index contributed by atoms with van der Waals surface area (Å²) in [6.07, 6.45) is 4.86. The van der Waals surface area contributed by atoms with Crippen molar-refractivity contribution in [2.45, 2.75) is 6.92 Å². The monoisotopic (exact) mass is 187 g/mol. The molecule has 2 aromatic rings. The van der Waals surface area contributed by atoms with Gasteiger partial charge in [0, 0.05) is 12.4 Å². The molecule has 0 aromatic carbocycles. The summed E-state index contributed by atoms with van der Waals surface area (Å²) in [6.45, 7) is 1.89. The third-order valence-electron chi connectivity index (χ3n) is 1.62. The van der Waals surface area contributed by atoms with Crippen LogP contribution in [0.1, 0.15) is 5.69 Å². The van der Waals surface area contributed by atoms with Crippen molar-refractivity contribution in [3.8, 4) is 0 Å². The summed E-state index contributed by atoms with van der Waals surface area (Å²) in [5.41, 5.74) is 0.884. The highest BCUT2D eigenvalue weighted by molar-refractivity contribution is 5.48. The summed E-state index contributed by atoms with van der Waals surface area (Å²) >= 11 is 0. The Balaban J connectivity index is 2.16. The SMILES string of the molecule is Cc1ccc(Nc2cnccn2)nn1. The van der Waals surface area contributed by atoms with Crippen LogP contribution in [-0.4, -0.2) is 20.2 Å². The number of nitrogens with one attached hydrogen (secondary N) is 1. The third-order valence-corrected chi connectivity index (χ3v) is 1.62. The molecule has 0 radical (unpaired) electrons. The van der Waals surface area contributed by atoms with Crippen molar-refractivity contribution >= 4 is 11.6 Å². The van der Waals surface area contributed by atoms with Crippen molar-refractivity contribution < 1.29 is 0 Å². The van der Waals surface area contributed by atoms with Gasteiger partial charge in [-0.1, -0.05) is 0 Å². The molecule has 5 nitrogen and oxygen atoms in total. The number of hydrogen-bond donors (Lipinski definition) is 1. The number of rotatable bonds is 2. The fraction of sp³-hybridized carbons (Fsp3) is 0.111. The molecule has 0 spiro atoms. The van der Waals surface area contributed by atoms with Gasteiger partial charge in [0.15, 0.2) is 5.82 Å². The normalized spacial score (nSPS) is 9.79. The molecular formula is C9H9N5. The Kier molecular flexibility index (Phi) is 2.31. The quantitative estimate of drug-likeness (QED) is 0.768. The second-order valence-corrected chi connectivity index (χ2v) is 2.78. The Bertz CT molecular complexity index is 397. The first-order valence-corrected chi connectivity index (χ1v) is 4.18. The molecule has 0 fully saturated rings. The summed E-state index contributed by atoms with van der Waals surface area (Å²) in [6, 6.07) is 3.72. The van der Waals surface area contributed by atoms with E-state index in [9.17, 15) is 0 Å². The molecule has 14 heavy (non-hydrogen) atoms. The summed E-state index contributed by atoms with van der Waals surface area (Å²) in [5, 5.41) is 10.8. The van der Waals surface area contributed by atoms with Gasteiger partial charge < -0.3 is 5.32 Å². The van der Waals surface area contributed by atoms with Gasteiger partial charge in [-0.2, -0.15) is 5.10 Å². The molecular weight excluding hydrogens is 178 g/mol. The lowest BCUT2D eigenvalue weighted by atomic mass is 10.4. The lowest BCUT2D eigenvalue weighted by Crippen LogP contribution is -1.97. The minimum absolute atomic E-state index is 0.658. The van der Waals surface area contributed by atoms with Gasteiger partial charge in [0.1, 0.15) is 5.82 Å². The number of hydrogen-bond acceptors (Lipinski definition) is 5. The Labute approximate surface area is 81.3 Å². The smallest absolute Gasteiger partial charge is 0.154 e. The summed E-state index contributed by atoms with van der Waals surface area (Å²) < 4.78 is 0. The van der Waals surface area contributed by atoms with Gasteiger partial charge in [0.2, 0.25) is 0 Å². The molecule has 2 rings (SSSR count). The second kappa shape index (κ2) is 3.78. The molecule has 1 N–H and O–H groups in total. The van der Waals surface area contributed by atoms with E-state index in [-0.39, 0.29) is 0 Å². The average molecular weight is 187 g/mol. The fourth-order valence-corrected chi connectivity index (χ4v) is 0.960. The standard InChI is InChI=1S/C9H9N5/c1-7-2-3-8(14-13-7)12-9-6-10-4-5-11-9/h2-6H,1H3,(H,11,12,14). The minimum atomic E-state index is 0.658. The highest BCUT2D eigenvalue weighted by Crippen LogP contribution is 2.08. The first kappa shape index (κ1) is 8.55. The largest absolute Gasteiger partial charge is 0.322 e. The molecule has 0 aliphatic heterocycles. The van der Waals surface area contributed by atoms with Crippen molar-refractivity contribution in [1.29, 1.82) is 0 Å². The van der Waals surface area contributed by atoms with Crippen molar-refractivity contribution in [2.24, 2.45) is 0 Å². The van der Waals surface area contributed by atoms with Crippen LogP contribution in [0.25, 0.3) is 0 Å². The molecule has 0 saturated heterocycles. The molecule has 0 unspecified atom stereocenters. The molecule has 2 heterocycles. The molecule has 0 bridgehead atoms. The van der Waals surface area contributed by atoms with Crippen LogP contribution in [0.4, 0.5) is 11.6 Å². The molecule has 0 amide bonds. The van der Waals surface area contributed by atoms with E-state index in [4.69, 9.17) is 0 Å². The van der Waals surface area contributed by atoms with E-state index in [0.29, 0.717) is 11.6 Å². The number of anilines is 2. The molecule has 70 valence electrons. The first-order chi connectivity index (χ1) is 6.84. The van der Waals surface area contributed by atoms with Crippen LogP contribution < -0.4 is 5.32 Å². The third kappa shape index (κ3) is 2.01. The lowest BCUT2D eigenvalue weighted by Gasteiger charge is -2.01.